The Kier molecular flexibility index (Phi) is 4.67. The molecule has 0 saturated carbocycles. The Hall–Kier alpha value is -1.98. The average Bonchev–Trinajstić information content (AvgIpc) is 3.06. The number of fused-ring (bicyclic) bond motifs is 1. The Labute approximate surface area is 168 Å². The summed E-state index contributed by atoms with van der Waals surface area (Å²) in [4.78, 5) is 21.9. The first-order valence-corrected chi connectivity index (χ1v) is 9.49. The largest absolute Gasteiger partial charge is 0.288 e. The highest BCUT2D eigenvalue weighted by atomic mass is 35.5. The van der Waals surface area contributed by atoms with Crippen LogP contribution in [0.5, 0.6) is 0 Å². The normalized spacial score (nSPS) is 11.0. The van der Waals surface area contributed by atoms with E-state index in [0.29, 0.717) is 31.0 Å². The van der Waals surface area contributed by atoms with Crippen LogP contribution in [0, 0.1) is 0 Å². The van der Waals surface area contributed by atoms with Crippen molar-refractivity contribution < 1.29 is 4.79 Å². The van der Waals surface area contributed by atoms with Crippen LogP contribution in [0.3, 0.4) is 0 Å². The van der Waals surface area contributed by atoms with Crippen LogP contribution in [0.2, 0.25) is 14.6 Å². The molecule has 4 aromatic rings. The number of halogens is 3. The molecule has 2 aromatic heterocycles. The maximum atomic E-state index is 12.7. The summed E-state index contributed by atoms with van der Waals surface area (Å²) in [6, 6.07) is 16.0. The molecule has 0 radical (unpaired) electrons. The summed E-state index contributed by atoms with van der Waals surface area (Å²) < 4.78 is 0.573. The molecular weight excluding hydrogens is 411 g/mol. The molecule has 2 heterocycles. The molecule has 0 atom stereocenters. The first-order valence-electron chi connectivity index (χ1n) is 7.54. The quantitative estimate of drug-likeness (QED) is 0.279. The van der Waals surface area contributed by atoms with Gasteiger partial charge in [0, 0.05) is 21.5 Å². The van der Waals surface area contributed by atoms with E-state index in [0.717, 1.165) is 10.9 Å². The van der Waals surface area contributed by atoms with Crippen LogP contribution < -0.4 is 0 Å². The minimum atomic E-state index is -0.101. The van der Waals surface area contributed by atoms with Crippen LogP contribution in [0.1, 0.15) is 15.2 Å². The second-order valence-electron chi connectivity index (χ2n) is 5.52. The van der Waals surface area contributed by atoms with Gasteiger partial charge < -0.3 is 0 Å². The van der Waals surface area contributed by atoms with Crippen molar-refractivity contribution in [3.63, 3.8) is 0 Å². The van der Waals surface area contributed by atoms with Crippen molar-refractivity contribution in [2.75, 3.05) is 0 Å². The topological polar surface area (TPSA) is 42.9 Å². The highest BCUT2D eigenvalue weighted by Crippen LogP contribution is 2.31. The van der Waals surface area contributed by atoms with Gasteiger partial charge in [-0.2, -0.15) is 0 Å². The predicted molar refractivity (Wildman–Crippen MR) is 108 cm³/mol. The lowest BCUT2D eigenvalue weighted by Gasteiger charge is -2.08. The zero-order chi connectivity index (χ0) is 18.3. The van der Waals surface area contributed by atoms with Crippen LogP contribution in [0.15, 0.2) is 54.6 Å². The molecule has 0 spiro atoms. The Balaban J connectivity index is 1.91. The minimum absolute atomic E-state index is 0.101. The van der Waals surface area contributed by atoms with Gasteiger partial charge in [0.05, 0.1) is 20.4 Å². The van der Waals surface area contributed by atoms with Gasteiger partial charge in [0.1, 0.15) is 0 Å². The summed E-state index contributed by atoms with van der Waals surface area (Å²) in [5.74, 6) is -0.101. The molecule has 0 N–H and O–H groups in total. The second-order valence-corrected chi connectivity index (χ2v) is 8.01. The van der Waals surface area contributed by atoms with E-state index >= 15 is 0 Å². The fraction of sp³-hybridized carbons (Fsp3) is 0. The highest BCUT2D eigenvalue weighted by Gasteiger charge is 2.15. The lowest BCUT2D eigenvalue weighted by Crippen LogP contribution is -2.00. The number of carbonyl (C=O) groups is 1. The highest BCUT2D eigenvalue weighted by molar-refractivity contribution is 7.18. The molecule has 0 aliphatic heterocycles. The molecule has 0 fully saturated rings. The molecule has 0 bridgehead atoms. The van der Waals surface area contributed by atoms with Crippen molar-refractivity contribution in [1.82, 2.24) is 9.97 Å². The number of ketones is 1. The average molecular weight is 420 g/mol. The summed E-state index contributed by atoms with van der Waals surface area (Å²) in [6.07, 6.45) is 0. The third-order valence-electron chi connectivity index (χ3n) is 3.83. The van der Waals surface area contributed by atoms with E-state index in [1.165, 1.54) is 11.3 Å². The van der Waals surface area contributed by atoms with Gasteiger partial charge in [0.25, 0.3) is 0 Å². The van der Waals surface area contributed by atoms with Crippen molar-refractivity contribution in [2.24, 2.45) is 0 Å². The number of hydrogen-bond acceptors (Lipinski definition) is 4. The number of carbonyl (C=O) groups excluding carboxylic acids is 1. The Bertz CT molecular complexity index is 1160. The molecule has 7 heteroatoms. The number of nitrogens with zero attached hydrogens (tertiary/aromatic N) is 2. The second kappa shape index (κ2) is 6.97. The van der Waals surface area contributed by atoms with Crippen LogP contribution in [0.25, 0.3) is 22.2 Å². The van der Waals surface area contributed by atoms with Crippen LogP contribution in [-0.4, -0.2) is 15.8 Å². The fourth-order valence-corrected chi connectivity index (χ4v) is 4.05. The molecule has 2 aromatic carbocycles. The van der Waals surface area contributed by atoms with Gasteiger partial charge >= 0.3 is 0 Å². The maximum Gasteiger partial charge on any atom is 0.223 e. The zero-order valence-corrected chi connectivity index (χ0v) is 16.1. The van der Waals surface area contributed by atoms with E-state index in [2.05, 4.69) is 9.97 Å². The smallest absolute Gasteiger partial charge is 0.223 e. The molecule has 0 unspecified atom stereocenters. The molecule has 0 aliphatic carbocycles. The minimum Gasteiger partial charge on any atom is -0.288 e. The summed E-state index contributed by atoms with van der Waals surface area (Å²) in [7, 11) is 0. The summed E-state index contributed by atoms with van der Waals surface area (Å²) in [6.45, 7) is 0. The van der Waals surface area contributed by atoms with E-state index < -0.39 is 0 Å². The van der Waals surface area contributed by atoms with Crippen LogP contribution in [0.4, 0.5) is 0 Å². The van der Waals surface area contributed by atoms with E-state index in [4.69, 9.17) is 34.8 Å². The molecule has 128 valence electrons. The van der Waals surface area contributed by atoms with E-state index in [1.54, 1.807) is 42.5 Å². The van der Waals surface area contributed by atoms with E-state index in [9.17, 15) is 4.79 Å². The van der Waals surface area contributed by atoms with Gasteiger partial charge in [-0.25, -0.2) is 9.97 Å². The van der Waals surface area contributed by atoms with Crippen LogP contribution >= 0.6 is 46.1 Å². The fourth-order valence-electron chi connectivity index (χ4n) is 2.68. The van der Waals surface area contributed by atoms with Gasteiger partial charge in [-0.1, -0.05) is 35.3 Å². The van der Waals surface area contributed by atoms with Gasteiger partial charge in [-0.3, -0.25) is 4.79 Å². The van der Waals surface area contributed by atoms with Crippen molar-refractivity contribution in [2.45, 2.75) is 0 Å². The van der Waals surface area contributed by atoms with E-state index in [1.807, 2.05) is 12.1 Å². The van der Waals surface area contributed by atoms with E-state index in [-0.39, 0.29) is 11.1 Å². The van der Waals surface area contributed by atoms with Crippen molar-refractivity contribution in [3.8, 4) is 11.3 Å². The van der Waals surface area contributed by atoms with Crippen LogP contribution in [-0.2, 0) is 0 Å². The lowest BCUT2D eigenvalue weighted by atomic mass is 10.0. The monoisotopic (exact) mass is 418 g/mol. The Morgan fingerprint density at radius 3 is 2.50 bits per heavy atom. The Morgan fingerprint density at radius 1 is 0.923 bits per heavy atom. The summed E-state index contributed by atoms with van der Waals surface area (Å²) in [5.41, 5.74) is 2.61. The van der Waals surface area contributed by atoms with Gasteiger partial charge in [-0.15, -0.1) is 11.3 Å². The summed E-state index contributed by atoms with van der Waals surface area (Å²) >= 11 is 19.4. The molecule has 4 rings (SSSR count). The van der Waals surface area contributed by atoms with Crippen molar-refractivity contribution in [3.05, 3.63) is 79.7 Å². The van der Waals surface area contributed by atoms with Gasteiger partial charge in [0.2, 0.25) is 11.1 Å². The first kappa shape index (κ1) is 17.4. The molecule has 26 heavy (non-hydrogen) atoms. The SMILES string of the molecule is O=C(c1ccc2nc(Cl)nc(-c3cccc(Cl)c3)c2c1)c1ccc(Cl)s1. The molecular formula is C19H9Cl3N2OS. The first-order chi connectivity index (χ1) is 12.5. The number of thiophene rings is 1. The zero-order valence-electron chi connectivity index (χ0n) is 13.0. The molecule has 0 amide bonds. The van der Waals surface area contributed by atoms with Crippen molar-refractivity contribution >= 4 is 62.8 Å². The third-order valence-corrected chi connectivity index (χ3v) is 5.46. The number of hydrogen-bond donors (Lipinski definition) is 0. The summed E-state index contributed by atoms with van der Waals surface area (Å²) in [5, 5.41) is 1.45. The Morgan fingerprint density at radius 2 is 1.77 bits per heavy atom. The number of rotatable bonds is 3. The standard InChI is InChI=1S/C19H9Cl3N2OS/c20-12-3-1-2-10(8-12)17-13-9-11(4-5-14(13)23-19(22)24-17)18(25)15-6-7-16(21)26-15/h1-9H. The molecule has 0 saturated heterocycles. The maximum absolute atomic E-state index is 12.7. The number of benzene rings is 2. The number of aromatic nitrogens is 2. The van der Waals surface area contributed by atoms with Gasteiger partial charge in [-0.05, 0) is 54.1 Å². The van der Waals surface area contributed by atoms with Crippen molar-refractivity contribution in [1.29, 1.82) is 0 Å². The predicted octanol–water partition coefficient (Wildman–Crippen LogP) is 6.55. The van der Waals surface area contributed by atoms with Gasteiger partial charge in [0.15, 0.2) is 0 Å². The third kappa shape index (κ3) is 3.33. The lowest BCUT2D eigenvalue weighted by molar-refractivity contribution is 0.104. The molecule has 0 aliphatic rings. The molecule has 3 nitrogen and oxygen atoms in total.